The third-order valence-corrected chi connectivity index (χ3v) is 1.83. The highest BCUT2D eigenvalue weighted by Gasteiger charge is 2.04. The van der Waals surface area contributed by atoms with Gasteiger partial charge < -0.3 is 4.98 Å². The van der Waals surface area contributed by atoms with Crippen LogP contribution in [-0.4, -0.2) is 4.98 Å². The van der Waals surface area contributed by atoms with E-state index in [2.05, 4.69) is 31.8 Å². The van der Waals surface area contributed by atoms with Gasteiger partial charge in [-0.2, -0.15) is 0 Å². The van der Waals surface area contributed by atoms with Crippen LogP contribution in [-0.2, 0) is 6.42 Å². The second-order valence-electron chi connectivity index (χ2n) is 2.92. The van der Waals surface area contributed by atoms with Crippen molar-refractivity contribution in [3.05, 3.63) is 23.5 Å². The van der Waals surface area contributed by atoms with Gasteiger partial charge in [0, 0.05) is 11.9 Å². The Hall–Kier alpha value is -0.720. The zero-order valence-electron chi connectivity index (χ0n) is 6.94. The van der Waals surface area contributed by atoms with Gasteiger partial charge in [0.15, 0.2) is 0 Å². The molecule has 56 valence electrons. The van der Waals surface area contributed by atoms with Crippen molar-refractivity contribution in [3.8, 4) is 0 Å². The van der Waals surface area contributed by atoms with E-state index in [1.165, 1.54) is 11.3 Å². The summed E-state index contributed by atoms with van der Waals surface area (Å²) < 4.78 is 0. The molecular weight excluding hydrogens is 122 g/mol. The van der Waals surface area contributed by atoms with Gasteiger partial charge in [0.2, 0.25) is 0 Å². The maximum Gasteiger partial charge on any atom is 0.0205 e. The minimum Gasteiger partial charge on any atom is -0.365 e. The van der Waals surface area contributed by atoms with E-state index in [0.29, 0.717) is 5.92 Å². The Balaban J connectivity index is 2.90. The Morgan fingerprint density at radius 1 is 1.50 bits per heavy atom. The van der Waals surface area contributed by atoms with Crippen molar-refractivity contribution in [2.24, 2.45) is 0 Å². The van der Waals surface area contributed by atoms with Crippen LogP contribution in [0.3, 0.4) is 0 Å². The molecule has 0 aromatic carbocycles. The molecule has 1 aromatic heterocycles. The fourth-order valence-corrected chi connectivity index (χ4v) is 1.26. The molecule has 1 heteroatoms. The van der Waals surface area contributed by atoms with Crippen LogP contribution in [0.25, 0.3) is 0 Å². The van der Waals surface area contributed by atoms with Crippen LogP contribution in [0, 0.1) is 0 Å². The zero-order valence-corrected chi connectivity index (χ0v) is 6.94. The van der Waals surface area contributed by atoms with Crippen LogP contribution in [0.5, 0.6) is 0 Å². The van der Waals surface area contributed by atoms with Crippen molar-refractivity contribution in [2.45, 2.75) is 33.1 Å². The predicted molar refractivity (Wildman–Crippen MR) is 44.3 cm³/mol. The van der Waals surface area contributed by atoms with Crippen molar-refractivity contribution >= 4 is 0 Å². The van der Waals surface area contributed by atoms with Gasteiger partial charge in [-0.15, -0.1) is 0 Å². The molecule has 1 heterocycles. The first-order chi connectivity index (χ1) is 4.75. The lowest BCUT2D eigenvalue weighted by atomic mass is 10.1. The predicted octanol–water partition coefficient (Wildman–Crippen LogP) is 2.70. The Labute approximate surface area is 62.5 Å². The average Bonchev–Trinajstić information content (AvgIpc) is 2.33. The van der Waals surface area contributed by atoms with Gasteiger partial charge in [-0.1, -0.05) is 20.8 Å². The van der Waals surface area contributed by atoms with E-state index in [9.17, 15) is 0 Å². The van der Waals surface area contributed by atoms with Crippen LogP contribution in [0.4, 0.5) is 0 Å². The lowest BCUT2D eigenvalue weighted by molar-refractivity contribution is 0.814. The van der Waals surface area contributed by atoms with E-state index in [4.69, 9.17) is 0 Å². The fraction of sp³-hybridized carbons (Fsp3) is 0.556. The van der Waals surface area contributed by atoms with Gasteiger partial charge >= 0.3 is 0 Å². The molecule has 1 rings (SSSR count). The minimum absolute atomic E-state index is 0.630. The topological polar surface area (TPSA) is 15.8 Å². The third kappa shape index (κ3) is 1.23. The number of hydrogen-bond acceptors (Lipinski definition) is 0. The van der Waals surface area contributed by atoms with E-state index in [-0.39, 0.29) is 0 Å². The normalized spacial score (nSPS) is 10.8. The average molecular weight is 137 g/mol. The van der Waals surface area contributed by atoms with Crippen LogP contribution in [0.2, 0.25) is 0 Å². The molecule has 10 heavy (non-hydrogen) atoms. The van der Waals surface area contributed by atoms with E-state index >= 15 is 0 Å². The van der Waals surface area contributed by atoms with Gasteiger partial charge in [-0.25, -0.2) is 0 Å². The minimum atomic E-state index is 0.630. The van der Waals surface area contributed by atoms with Crippen LogP contribution < -0.4 is 0 Å². The third-order valence-electron chi connectivity index (χ3n) is 1.83. The van der Waals surface area contributed by atoms with E-state index in [1.54, 1.807) is 0 Å². The highest BCUT2D eigenvalue weighted by atomic mass is 14.7. The summed E-state index contributed by atoms with van der Waals surface area (Å²) in [4.78, 5) is 3.26. The highest BCUT2D eigenvalue weighted by Crippen LogP contribution is 2.17. The Bertz CT molecular complexity index is 198. The Morgan fingerprint density at radius 3 is 2.60 bits per heavy atom. The summed E-state index contributed by atoms with van der Waals surface area (Å²) in [6.45, 7) is 6.62. The van der Waals surface area contributed by atoms with E-state index in [0.717, 1.165) is 6.42 Å². The van der Waals surface area contributed by atoms with Gasteiger partial charge in [0.25, 0.3) is 0 Å². The standard InChI is InChI=1S/C9H15N/c1-4-8-5-6-10-9(8)7(2)3/h5-7,10H,4H2,1-3H3. The maximum absolute atomic E-state index is 3.26. The van der Waals surface area contributed by atoms with Crippen molar-refractivity contribution in [1.29, 1.82) is 0 Å². The number of aryl methyl sites for hydroxylation is 1. The summed E-state index contributed by atoms with van der Waals surface area (Å²) in [6.07, 6.45) is 3.16. The van der Waals surface area contributed by atoms with Gasteiger partial charge in [0.05, 0.1) is 0 Å². The van der Waals surface area contributed by atoms with Crippen molar-refractivity contribution in [2.75, 3.05) is 0 Å². The highest BCUT2D eigenvalue weighted by molar-refractivity contribution is 5.22. The molecule has 0 aliphatic rings. The van der Waals surface area contributed by atoms with E-state index in [1.807, 2.05) is 6.20 Å². The molecule has 0 saturated carbocycles. The number of nitrogens with one attached hydrogen (secondary N) is 1. The molecule has 0 aliphatic heterocycles. The summed E-state index contributed by atoms with van der Waals surface area (Å²) in [6, 6.07) is 2.16. The molecule has 0 unspecified atom stereocenters. The molecule has 0 atom stereocenters. The number of rotatable bonds is 2. The molecular formula is C9H15N. The zero-order chi connectivity index (χ0) is 7.56. The molecule has 0 bridgehead atoms. The number of H-pyrrole nitrogens is 1. The summed E-state index contributed by atoms with van der Waals surface area (Å²) in [5, 5.41) is 0. The largest absolute Gasteiger partial charge is 0.365 e. The summed E-state index contributed by atoms with van der Waals surface area (Å²) in [5.74, 6) is 0.630. The molecule has 0 aliphatic carbocycles. The fourth-order valence-electron chi connectivity index (χ4n) is 1.26. The van der Waals surface area contributed by atoms with Gasteiger partial charge in [-0.3, -0.25) is 0 Å². The SMILES string of the molecule is CCc1cc[nH]c1C(C)C. The first kappa shape index (κ1) is 7.39. The Morgan fingerprint density at radius 2 is 2.20 bits per heavy atom. The van der Waals surface area contributed by atoms with Crippen molar-refractivity contribution < 1.29 is 0 Å². The first-order valence-electron chi connectivity index (χ1n) is 3.91. The summed E-state index contributed by atoms with van der Waals surface area (Å²) in [7, 11) is 0. The molecule has 0 spiro atoms. The lowest BCUT2D eigenvalue weighted by Crippen LogP contribution is -1.91. The second-order valence-corrected chi connectivity index (χ2v) is 2.92. The smallest absolute Gasteiger partial charge is 0.0205 e. The first-order valence-corrected chi connectivity index (χ1v) is 3.91. The van der Waals surface area contributed by atoms with E-state index < -0.39 is 0 Å². The molecule has 1 nitrogen and oxygen atoms in total. The van der Waals surface area contributed by atoms with Crippen LogP contribution in [0.15, 0.2) is 12.3 Å². The summed E-state index contributed by atoms with van der Waals surface area (Å²) in [5.41, 5.74) is 2.84. The van der Waals surface area contributed by atoms with Crippen LogP contribution in [0.1, 0.15) is 37.9 Å². The lowest BCUT2D eigenvalue weighted by Gasteiger charge is -2.03. The number of aromatic amines is 1. The second kappa shape index (κ2) is 2.91. The molecule has 0 fully saturated rings. The molecule has 1 N–H and O–H groups in total. The monoisotopic (exact) mass is 137 g/mol. The maximum atomic E-state index is 3.26. The van der Waals surface area contributed by atoms with Gasteiger partial charge in [0.1, 0.15) is 0 Å². The molecule has 1 aromatic rings. The number of hydrogen-bond donors (Lipinski definition) is 1. The molecule has 0 saturated heterocycles. The molecule has 0 radical (unpaired) electrons. The Kier molecular flexibility index (Phi) is 2.15. The van der Waals surface area contributed by atoms with Crippen molar-refractivity contribution in [3.63, 3.8) is 0 Å². The summed E-state index contributed by atoms with van der Waals surface area (Å²) >= 11 is 0. The van der Waals surface area contributed by atoms with Crippen LogP contribution >= 0.6 is 0 Å². The molecule has 0 amide bonds. The van der Waals surface area contributed by atoms with Crippen molar-refractivity contribution in [1.82, 2.24) is 4.98 Å². The van der Waals surface area contributed by atoms with Gasteiger partial charge in [-0.05, 0) is 24.0 Å². The quantitative estimate of drug-likeness (QED) is 0.645. The number of aromatic nitrogens is 1.